The molecular weight excluding hydrogens is 414 g/mol. The number of hydrogen-bond acceptors (Lipinski definition) is 5. The number of hydrogen-bond donors (Lipinski definition) is 1. The molecule has 0 bridgehead atoms. The fourth-order valence-electron chi connectivity index (χ4n) is 4.60. The van der Waals surface area contributed by atoms with E-state index in [1.165, 1.54) is 5.69 Å². The third kappa shape index (κ3) is 3.94. The fraction of sp³-hybridized carbons (Fsp3) is 0.222. The first-order valence-corrected chi connectivity index (χ1v) is 11.2. The minimum Gasteiger partial charge on any atom is -0.369 e. The van der Waals surface area contributed by atoms with Crippen LogP contribution in [0.4, 0.5) is 11.4 Å². The third-order valence-corrected chi connectivity index (χ3v) is 6.56. The molecule has 1 aliphatic carbocycles. The highest BCUT2D eigenvalue weighted by molar-refractivity contribution is 6.28. The third-order valence-electron chi connectivity index (χ3n) is 6.56. The van der Waals surface area contributed by atoms with Crippen molar-refractivity contribution in [1.82, 2.24) is 4.90 Å². The molecule has 1 atom stereocenters. The van der Waals surface area contributed by atoms with Crippen molar-refractivity contribution >= 4 is 28.8 Å². The predicted molar refractivity (Wildman–Crippen MR) is 128 cm³/mol. The lowest BCUT2D eigenvalue weighted by Crippen LogP contribution is -2.52. The summed E-state index contributed by atoms with van der Waals surface area (Å²) in [6.07, 6.45) is 0. The number of anilines is 2. The Balaban J connectivity index is 1.26. The first kappa shape index (κ1) is 21.1. The van der Waals surface area contributed by atoms with Gasteiger partial charge in [0.2, 0.25) is 5.91 Å². The number of carbonyl (C=O) groups is 3. The molecule has 3 aromatic carbocycles. The van der Waals surface area contributed by atoms with Gasteiger partial charge in [0, 0.05) is 59.8 Å². The highest BCUT2D eigenvalue weighted by Crippen LogP contribution is 2.29. The smallest absolute Gasteiger partial charge is 0.241 e. The van der Waals surface area contributed by atoms with E-state index in [0.29, 0.717) is 27.9 Å². The zero-order valence-electron chi connectivity index (χ0n) is 18.5. The van der Waals surface area contributed by atoms with Crippen molar-refractivity contribution in [2.45, 2.75) is 13.0 Å². The van der Waals surface area contributed by atoms with Crippen LogP contribution < -0.4 is 10.2 Å². The van der Waals surface area contributed by atoms with Gasteiger partial charge < -0.3 is 10.2 Å². The number of fused-ring (bicyclic) bond motifs is 2. The minimum atomic E-state index is -0.308. The molecule has 166 valence electrons. The van der Waals surface area contributed by atoms with Crippen molar-refractivity contribution in [3.05, 3.63) is 95.1 Å². The molecule has 6 nitrogen and oxygen atoms in total. The molecule has 1 heterocycles. The lowest BCUT2D eigenvalue weighted by Gasteiger charge is -2.38. The molecule has 3 aromatic rings. The van der Waals surface area contributed by atoms with Crippen molar-refractivity contribution in [2.75, 3.05) is 36.4 Å². The molecule has 2 aliphatic rings. The zero-order valence-corrected chi connectivity index (χ0v) is 18.5. The second kappa shape index (κ2) is 8.64. The summed E-state index contributed by atoms with van der Waals surface area (Å²) in [5.41, 5.74) is 3.26. The summed E-state index contributed by atoms with van der Waals surface area (Å²) >= 11 is 0. The number of amides is 1. The molecule has 0 spiro atoms. The summed E-state index contributed by atoms with van der Waals surface area (Å²) < 4.78 is 0. The van der Waals surface area contributed by atoms with Crippen LogP contribution in [0, 0.1) is 0 Å². The highest BCUT2D eigenvalue weighted by atomic mass is 16.2. The summed E-state index contributed by atoms with van der Waals surface area (Å²) in [5, 5.41) is 2.93. The van der Waals surface area contributed by atoms with Crippen LogP contribution in [0.1, 0.15) is 38.8 Å². The number of nitrogens with one attached hydrogen (secondary N) is 1. The SMILES string of the molecule is CC(C(=O)Nc1ccc2c(c1)C(=O)c1ccccc1C2=O)N1CCN(c2ccccc2)CC1. The Bertz CT molecular complexity index is 1230. The standard InChI is InChI=1S/C27H25N3O3/c1-18(29-13-15-30(16-14-29)20-7-3-2-4-8-20)27(33)28-19-11-12-23-24(17-19)26(32)22-10-6-5-9-21(22)25(23)31/h2-12,17-18H,13-16H2,1H3,(H,28,33). The molecule has 1 N–H and O–H groups in total. The van der Waals surface area contributed by atoms with E-state index in [1.807, 2.05) is 25.1 Å². The molecule has 0 aromatic heterocycles. The van der Waals surface area contributed by atoms with E-state index in [-0.39, 0.29) is 23.5 Å². The lowest BCUT2D eigenvalue weighted by molar-refractivity contribution is -0.120. The molecule has 33 heavy (non-hydrogen) atoms. The Labute approximate surface area is 192 Å². The van der Waals surface area contributed by atoms with E-state index in [0.717, 1.165) is 26.2 Å². The van der Waals surface area contributed by atoms with Crippen LogP contribution in [-0.2, 0) is 4.79 Å². The van der Waals surface area contributed by atoms with E-state index < -0.39 is 0 Å². The maximum Gasteiger partial charge on any atom is 0.241 e. The molecule has 1 saturated heterocycles. The van der Waals surface area contributed by atoms with Crippen LogP contribution in [0.15, 0.2) is 72.8 Å². The van der Waals surface area contributed by atoms with Crippen LogP contribution in [0.25, 0.3) is 0 Å². The van der Waals surface area contributed by atoms with Gasteiger partial charge in [-0.2, -0.15) is 0 Å². The maximum absolute atomic E-state index is 13.0. The summed E-state index contributed by atoms with van der Waals surface area (Å²) in [6.45, 7) is 5.19. The largest absolute Gasteiger partial charge is 0.369 e. The summed E-state index contributed by atoms with van der Waals surface area (Å²) in [7, 11) is 0. The normalized spacial score (nSPS) is 16.7. The average Bonchev–Trinajstić information content (AvgIpc) is 2.87. The Morgan fingerprint density at radius 1 is 0.758 bits per heavy atom. The number of nitrogens with zero attached hydrogens (tertiary/aromatic N) is 2. The van der Waals surface area contributed by atoms with Gasteiger partial charge in [-0.1, -0.05) is 42.5 Å². The number of carbonyl (C=O) groups excluding carboxylic acids is 3. The van der Waals surface area contributed by atoms with Crippen LogP contribution in [-0.4, -0.2) is 54.6 Å². The number of rotatable bonds is 4. The van der Waals surface area contributed by atoms with Crippen molar-refractivity contribution in [2.24, 2.45) is 0 Å². The van der Waals surface area contributed by atoms with Crippen LogP contribution in [0.2, 0.25) is 0 Å². The van der Waals surface area contributed by atoms with E-state index in [9.17, 15) is 14.4 Å². The van der Waals surface area contributed by atoms with Gasteiger partial charge in [0.15, 0.2) is 11.6 Å². The molecule has 0 radical (unpaired) electrons. The summed E-state index contributed by atoms with van der Waals surface area (Å²) in [6, 6.07) is 21.8. The van der Waals surface area contributed by atoms with Crippen LogP contribution >= 0.6 is 0 Å². The van der Waals surface area contributed by atoms with Gasteiger partial charge in [-0.05, 0) is 37.3 Å². The van der Waals surface area contributed by atoms with Gasteiger partial charge in [-0.15, -0.1) is 0 Å². The molecule has 1 unspecified atom stereocenters. The predicted octanol–water partition coefficient (Wildman–Crippen LogP) is 3.61. The first-order valence-electron chi connectivity index (χ1n) is 11.2. The van der Waals surface area contributed by atoms with Gasteiger partial charge in [-0.3, -0.25) is 19.3 Å². The van der Waals surface area contributed by atoms with Gasteiger partial charge in [0.1, 0.15) is 0 Å². The maximum atomic E-state index is 13.0. The van der Waals surface area contributed by atoms with Crippen molar-refractivity contribution in [3.8, 4) is 0 Å². The zero-order chi connectivity index (χ0) is 22.9. The minimum absolute atomic E-state index is 0.127. The molecule has 5 rings (SSSR count). The molecule has 6 heteroatoms. The van der Waals surface area contributed by atoms with Gasteiger partial charge in [0.25, 0.3) is 0 Å². The van der Waals surface area contributed by atoms with Crippen molar-refractivity contribution < 1.29 is 14.4 Å². The number of para-hydroxylation sites is 1. The monoisotopic (exact) mass is 439 g/mol. The van der Waals surface area contributed by atoms with Gasteiger partial charge in [-0.25, -0.2) is 0 Å². The van der Waals surface area contributed by atoms with Crippen molar-refractivity contribution in [3.63, 3.8) is 0 Å². The molecule has 1 aliphatic heterocycles. The first-order chi connectivity index (χ1) is 16.0. The fourth-order valence-corrected chi connectivity index (χ4v) is 4.60. The summed E-state index contributed by atoms with van der Waals surface area (Å²) in [4.78, 5) is 43.2. The second-order valence-electron chi connectivity index (χ2n) is 8.49. The molecule has 1 amide bonds. The lowest BCUT2D eigenvalue weighted by atomic mass is 9.84. The van der Waals surface area contributed by atoms with Gasteiger partial charge in [0.05, 0.1) is 6.04 Å². The number of benzene rings is 3. The molecule has 0 saturated carbocycles. The second-order valence-corrected chi connectivity index (χ2v) is 8.49. The van der Waals surface area contributed by atoms with E-state index >= 15 is 0 Å². The van der Waals surface area contributed by atoms with Crippen molar-refractivity contribution in [1.29, 1.82) is 0 Å². The van der Waals surface area contributed by atoms with E-state index in [4.69, 9.17) is 0 Å². The molecule has 1 fully saturated rings. The number of piperazine rings is 1. The summed E-state index contributed by atoms with van der Waals surface area (Å²) in [5.74, 6) is -0.484. The average molecular weight is 440 g/mol. The highest BCUT2D eigenvalue weighted by Gasteiger charge is 2.30. The van der Waals surface area contributed by atoms with E-state index in [1.54, 1.807) is 42.5 Å². The Morgan fingerprint density at radius 3 is 2.00 bits per heavy atom. The van der Waals surface area contributed by atoms with Gasteiger partial charge >= 0.3 is 0 Å². The topological polar surface area (TPSA) is 69.7 Å². The van der Waals surface area contributed by atoms with E-state index in [2.05, 4.69) is 27.2 Å². The Kier molecular flexibility index (Phi) is 5.52. The van der Waals surface area contributed by atoms with Crippen LogP contribution in [0.3, 0.4) is 0 Å². The molecular formula is C27H25N3O3. The van der Waals surface area contributed by atoms with Crippen LogP contribution in [0.5, 0.6) is 0 Å². The Morgan fingerprint density at radius 2 is 1.33 bits per heavy atom. The Hall–Kier alpha value is -3.77. The quantitative estimate of drug-likeness (QED) is 0.526. The number of ketones is 2.